The van der Waals surface area contributed by atoms with Crippen molar-refractivity contribution in [1.29, 1.82) is 0 Å². The molecule has 141 heavy (non-hydrogen) atoms. The number of piperazine rings is 3. The number of thiocarbonyl (C=S) groups is 1. The summed E-state index contributed by atoms with van der Waals surface area (Å²) in [5, 5.41) is 16.3. The Hall–Kier alpha value is -7.80. The molecule has 9 aromatic carbocycles. The van der Waals surface area contributed by atoms with Crippen LogP contribution in [-0.2, 0) is 54.8 Å². The van der Waals surface area contributed by atoms with Crippen molar-refractivity contribution in [3.8, 4) is 33.8 Å². The maximum absolute atomic E-state index is 12.9. The molecule has 0 unspecified atom stereocenters. The third-order valence-corrected chi connectivity index (χ3v) is 32.0. The van der Waals surface area contributed by atoms with Gasteiger partial charge < -0.3 is 81.2 Å². The fourth-order valence-corrected chi connectivity index (χ4v) is 22.6. The third kappa shape index (κ3) is 29.0. The molecule has 3 aromatic heterocycles. The van der Waals surface area contributed by atoms with Gasteiger partial charge in [-0.05, 0) is 204 Å². The Bertz CT molecular complexity index is 6030. The van der Waals surface area contributed by atoms with E-state index in [1.165, 1.54) is 56.9 Å². The van der Waals surface area contributed by atoms with Gasteiger partial charge in [-0.2, -0.15) is 0 Å². The second-order valence-corrected chi connectivity index (χ2v) is 40.8. The molecule has 33 heteroatoms. The van der Waals surface area contributed by atoms with Gasteiger partial charge in [-0.15, -0.1) is 58.0 Å². The predicted molar refractivity (Wildman–Crippen MR) is 591 cm³/mol. The molecular formula is C108H125Br3IKN12O12S4. The number of para-hydroxylation sites is 2. The molecule has 742 valence electrons. The zero-order valence-electron chi connectivity index (χ0n) is 81.8. The van der Waals surface area contributed by atoms with Gasteiger partial charge in [0, 0.05) is 203 Å². The number of methoxy groups -OCH3 is 3. The van der Waals surface area contributed by atoms with Crippen LogP contribution >= 0.6 is 118 Å². The van der Waals surface area contributed by atoms with Gasteiger partial charge >= 0.3 is 69.3 Å². The van der Waals surface area contributed by atoms with Crippen molar-refractivity contribution in [2.45, 2.75) is 73.0 Å². The first-order valence-corrected chi connectivity index (χ1v) is 52.6. The van der Waals surface area contributed by atoms with Crippen LogP contribution in [-0.4, -0.2) is 243 Å². The number of carbonyl (C=O) groups is 5. The average Bonchev–Trinajstić information content (AvgIpc) is 1.69. The van der Waals surface area contributed by atoms with E-state index in [2.05, 4.69) is 198 Å². The topological polar surface area (TPSA) is 281 Å². The van der Waals surface area contributed by atoms with E-state index < -0.39 is 0 Å². The van der Waals surface area contributed by atoms with Crippen LogP contribution in [0.3, 0.4) is 0 Å². The van der Waals surface area contributed by atoms with Crippen LogP contribution in [0.2, 0.25) is 0 Å². The molecular weight excluding hydrogens is 2190 g/mol. The predicted octanol–water partition coefficient (Wildman–Crippen LogP) is 17.7. The molecule has 7 aliphatic heterocycles. The maximum Gasteiger partial charge on any atom is 1.00 e. The molecule has 0 atom stereocenters. The number of carbonyl (C=O) groups excluding carboxylic acids is 5. The number of likely N-dealkylation sites (N-methyl/N-ethyl adjacent to an activating group) is 3. The number of amides is 1. The molecule has 7 fully saturated rings. The molecule has 0 saturated carbocycles. The number of hydrogen-bond acceptors (Lipinski definition) is 26. The Morgan fingerprint density at radius 2 is 0.738 bits per heavy atom. The van der Waals surface area contributed by atoms with Crippen LogP contribution in [0.25, 0.3) is 33.8 Å². The van der Waals surface area contributed by atoms with E-state index in [1.54, 1.807) is 70.4 Å². The van der Waals surface area contributed by atoms with Crippen LogP contribution in [0.5, 0.6) is 0 Å². The van der Waals surface area contributed by atoms with Gasteiger partial charge in [0.2, 0.25) is 0 Å². The zero-order chi connectivity index (χ0) is 97.9. The Kier molecular flexibility index (Phi) is 43.3. The average molecular weight is 2320 g/mol. The number of ether oxygens (including phenoxy) is 7. The van der Waals surface area contributed by atoms with Crippen LogP contribution in [0.1, 0.15) is 143 Å². The van der Waals surface area contributed by atoms with Gasteiger partial charge in [-0.25, -0.2) is 29.3 Å². The van der Waals surface area contributed by atoms with Crippen molar-refractivity contribution >= 4 is 175 Å². The number of thiazole rings is 3. The number of hydrogen-bond donors (Lipinski definition) is 4. The molecule has 6 N–H and O–H groups in total. The first kappa shape index (κ1) is 112. The number of Topliss-reactive ketones (excluding diaryl/α,β-unsaturated/α-hetero) is 1. The molecule has 1 amide bonds. The molecule has 7 saturated heterocycles. The van der Waals surface area contributed by atoms with E-state index in [1.807, 2.05) is 109 Å². The summed E-state index contributed by atoms with van der Waals surface area (Å²) in [6, 6.07) is 71.2. The summed E-state index contributed by atoms with van der Waals surface area (Å²) in [4.78, 5) is 86.8. The molecule has 10 heterocycles. The number of nitrogens with one attached hydrogen (secondary N) is 2. The number of ketones is 1. The largest absolute Gasteiger partial charge is 1.00 e. The van der Waals surface area contributed by atoms with Gasteiger partial charge in [0.25, 0.3) is 5.91 Å². The third-order valence-electron chi connectivity index (χ3n) is 26.9. The van der Waals surface area contributed by atoms with Crippen molar-refractivity contribution in [2.75, 3.05) is 200 Å². The Morgan fingerprint density at radius 3 is 1.06 bits per heavy atom. The molecule has 19 rings (SSSR count). The van der Waals surface area contributed by atoms with E-state index in [-0.39, 0.29) is 129 Å². The van der Waals surface area contributed by atoms with Crippen LogP contribution in [0.4, 0.5) is 22.7 Å². The number of nitrogen functional groups attached to an aromatic ring is 1. The Balaban J connectivity index is 0.000000187. The van der Waals surface area contributed by atoms with E-state index in [0.717, 1.165) is 191 Å². The minimum atomic E-state index is -0.345. The number of esters is 3. The second-order valence-electron chi connectivity index (χ2n) is 35.4. The first-order valence-electron chi connectivity index (χ1n) is 46.9. The summed E-state index contributed by atoms with van der Waals surface area (Å²) in [6.45, 7) is 18.8. The van der Waals surface area contributed by atoms with Crippen molar-refractivity contribution in [3.05, 3.63) is 309 Å². The number of halogens is 4. The Labute approximate surface area is 932 Å². The number of anilines is 4. The van der Waals surface area contributed by atoms with Crippen molar-refractivity contribution in [1.82, 2.24) is 35.0 Å². The monoisotopic (exact) mass is 2310 g/mol. The molecule has 0 radical (unpaired) electrons. The van der Waals surface area contributed by atoms with Crippen molar-refractivity contribution < 1.29 is 111 Å². The molecule has 12 aromatic rings. The number of benzene rings is 9. The number of rotatable bonds is 20. The molecule has 0 bridgehead atoms. The van der Waals surface area contributed by atoms with E-state index in [9.17, 15) is 24.0 Å². The van der Waals surface area contributed by atoms with Crippen molar-refractivity contribution in [3.63, 3.8) is 0 Å². The molecule has 7 aliphatic rings. The summed E-state index contributed by atoms with van der Waals surface area (Å²) in [7, 11) is 10.7. The smallest absolute Gasteiger partial charge is 1.00 e. The van der Waals surface area contributed by atoms with E-state index >= 15 is 0 Å². The maximum atomic E-state index is 12.9. The zero-order valence-corrected chi connectivity index (χ0v) is 94.3. The van der Waals surface area contributed by atoms with Crippen LogP contribution in [0, 0.1) is 0 Å². The normalized spacial score (nSPS) is 17.0. The molecule has 0 spiro atoms. The number of aromatic nitrogens is 3. The number of nitrogens with zero attached hydrogens (tertiary/aromatic N) is 8. The van der Waals surface area contributed by atoms with E-state index in [4.69, 9.17) is 67.1 Å². The second kappa shape index (κ2) is 54.6. The van der Waals surface area contributed by atoms with Gasteiger partial charge in [0.05, 0.1) is 93.0 Å². The summed E-state index contributed by atoms with van der Waals surface area (Å²) in [5.41, 5.74) is 28.6. The fourth-order valence-electron chi connectivity index (χ4n) is 18.1. The quantitative estimate of drug-likeness (QED) is 0.00806. The minimum Gasteiger partial charge on any atom is -1.00 e. The van der Waals surface area contributed by atoms with Crippen LogP contribution < -0.4 is 83.3 Å². The summed E-state index contributed by atoms with van der Waals surface area (Å²) >= 11 is 20.3. The first-order chi connectivity index (χ1) is 67.4. The summed E-state index contributed by atoms with van der Waals surface area (Å²) in [6.07, 6.45) is 6.76. The Morgan fingerprint density at radius 1 is 0.433 bits per heavy atom. The van der Waals surface area contributed by atoms with Gasteiger partial charge in [0.15, 0.2) is 5.78 Å². The number of alkyl halides is 1. The van der Waals surface area contributed by atoms with Crippen molar-refractivity contribution in [2.24, 2.45) is 5.73 Å². The van der Waals surface area contributed by atoms with Gasteiger partial charge in [-0.1, -0.05) is 169 Å². The number of nitrogens with two attached hydrogens (primary N) is 2. The fraction of sp³-hybridized carbons (Fsp3) is 0.361. The minimum absolute atomic E-state index is 0. The van der Waals surface area contributed by atoms with Gasteiger partial charge in [0.1, 0.15) is 15.0 Å². The SMILES string of the molecule is CN1CCN(c2ccc(-c3csc(C4(c5ccc(C(=O)Nc6ccccc6N)cc5)CCOCC4)n3)cc2)CC1.CN1CCNCC1.COC(=O)c1ccc(C2(C(N)=S)CCOCC2)cc1.COC(=O)c1ccc(C2(c3nc(-c4ccc(Br)cc4)cs3)CCOCC2)cc1.COC(=O)c1ccc(C2(c3nc(-c4ccc(N5CCN(C)CC5)cc4)cs3)CCOCC2)cc1.I.O=C(CBr)c1ccc(Br)cc1.[H-].[HH].[K+]. The molecule has 0 aliphatic carbocycles. The molecule has 24 nitrogen and oxygen atoms in total. The standard InChI is InChI=1S/C32H35N5O2S.C27H31N3O3S.C22H20BrNO3S.C14H17NO3S.C8H6Br2O.C5H12N2.HI.K.H2.H/c1-36-16-18-37(19-17-36)26-12-8-23(9-13-26)29-22-40-31(35-29)32(14-20-39-21-15-32)25-10-6-24(7-11-25)30(38)34-28-5-3-2-4-27(28)33;1-29-13-15-30(16-14-29)23-9-5-20(6-10-23)24-19-34-26(28-24)27(11-17-33-18-12-27)22-7-3-21(4-8-22)25(31)32-2;1-26-20(25)16-2-6-17(7-3-16)22(10-12-27-13-11-22)21-24-19(14-28-21)15-4-8-18(23)9-5-15;1-17-12(16)10-2-4-11(5-3-10)14(13(15)19)6-8-18-9-7-14;9-5-8(11)6-1-3-7(10)4-2-6;1-7-4-2-6-3-5-7;;;;/h2-13,22H,14-21,33H2,1H3,(H,34,38);3-10,19H,11-18H2,1-2H3;2-9,14H,10-13H2,1H3;2-5H,6-9H2,1H3,(H2,15,19);1-4H,5H2;6H,2-5H2,1H3;1H;;1H;/q;;;;;;;+1;;-1. The van der Waals surface area contributed by atoms with Gasteiger partial charge in [-0.3, -0.25) is 9.59 Å². The summed E-state index contributed by atoms with van der Waals surface area (Å²) in [5.74, 6) is -1.05. The van der Waals surface area contributed by atoms with Crippen LogP contribution in [0.15, 0.2) is 243 Å². The van der Waals surface area contributed by atoms with E-state index in [0.29, 0.717) is 96.8 Å². The summed E-state index contributed by atoms with van der Waals surface area (Å²) < 4.78 is 38.9.